The van der Waals surface area contributed by atoms with E-state index in [1.54, 1.807) is 6.07 Å². The molecule has 4 heteroatoms. The van der Waals surface area contributed by atoms with Gasteiger partial charge in [0.1, 0.15) is 11.6 Å². The molecule has 0 radical (unpaired) electrons. The average Bonchev–Trinajstić information content (AvgIpc) is 2.95. The first-order valence-corrected chi connectivity index (χ1v) is 7.52. The van der Waals surface area contributed by atoms with E-state index in [-0.39, 0.29) is 11.9 Å². The van der Waals surface area contributed by atoms with E-state index in [0.29, 0.717) is 10.7 Å². The molecule has 0 aromatic heterocycles. The number of ether oxygens (including phenoxy) is 1. The van der Waals surface area contributed by atoms with Crippen LogP contribution in [-0.2, 0) is 6.42 Å². The molecule has 0 spiro atoms. The maximum atomic E-state index is 13.4. The Labute approximate surface area is 128 Å². The number of nitrogens with one attached hydrogen (secondary N) is 1. The van der Waals surface area contributed by atoms with E-state index in [0.717, 1.165) is 25.2 Å². The number of halogens is 2. The summed E-state index contributed by atoms with van der Waals surface area (Å²) < 4.78 is 18.9. The molecule has 1 atom stereocenters. The highest BCUT2D eigenvalue weighted by Gasteiger charge is 2.17. The van der Waals surface area contributed by atoms with Crippen LogP contribution in [0.4, 0.5) is 10.1 Å². The van der Waals surface area contributed by atoms with Crippen LogP contribution in [0.25, 0.3) is 0 Å². The highest BCUT2D eigenvalue weighted by molar-refractivity contribution is 6.33. The quantitative estimate of drug-likeness (QED) is 0.860. The van der Waals surface area contributed by atoms with Crippen LogP contribution >= 0.6 is 11.6 Å². The molecule has 2 nitrogen and oxygen atoms in total. The Bertz CT molecular complexity index is 659. The van der Waals surface area contributed by atoms with E-state index < -0.39 is 0 Å². The summed E-state index contributed by atoms with van der Waals surface area (Å²) in [5.74, 6) is 0.677. The van der Waals surface area contributed by atoms with Gasteiger partial charge in [0, 0.05) is 6.42 Å². The Morgan fingerprint density at radius 2 is 2.14 bits per heavy atom. The molecule has 1 unspecified atom stereocenters. The number of rotatable bonds is 4. The molecule has 2 aromatic rings. The molecule has 1 N–H and O–H groups in total. The first kappa shape index (κ1) is 14.2. The molecule has 0 bridgehead atoms. The Balaban J connectivity index is 1.86. The van der Waals surface area contributed by atoms with Crippen LogP contribution in [0.2, 0.25) is 5.02 Å². The summed E-state index contributed by atoms with van der Waals surface area (Å²) in [5, 5.41) is 3.86. The van der Waals surface area contributed by atoms with Gasteiger partial charge in [-0.3, -0.25) is 0 Å². The van der Waals surface area contributed by atoms with Gasteiger partial charge in [-0.2, -0.15) is 0 Å². The minimum atomic E-state index is -0.292. The van der Waals surface area contributed by atoms with E-state index in [9.17, 15) is 4.39 Å². The van der Waals surface area contributed by atoms with Crippen LogP contribution in [0.3, 0.4) is 0 Å². The summed E-state index contributed by atoms with van der Waals surface area (Å²) in [6.45, 7) is 2.84. The second-order valence-corrected chi connectivity index (χ2v) is 5.60. The summed E-state index contributed by atoms with van der Waals surface area (Å²) in [6, 6.07) is 10.7. The minimum Gasteiger partial charge on any atom is -0.493 e. The van der Waals surface area contributed by atoms with Crippen LogP contribution in [0.15, 0.2) is 36.4 Å². The Kier molecular flexibility index (Phi) is 4.02. The molecule has 1 aliphatic rings. The molecular weight excluding hydrogens is 289 g/mol. The summed E-state index contributed by atoms with van der Waals surface area (Å²) in [6.07, 6.45) is 1.83. The fourth-order valence-electron chi connectivity index (χ4n) is 2.64. The van der Waals surface area contributed by atoms with Gasteiger partial charge in [-0.05, 0) is 47.9 Å². The molecule has 0 aliphatic carbocycles. The lowest BCUT2D eigenvalue weighted by Crippen LogP contribution is -2.10. The second-order valence-electron chi connectivity index (χ2n) is 5.19. The van der Waals surface area contributed by atoms with Crippen molar-refractivity contribution in [3.05, 3.63) is 58.4 Å². The van der Waals surface area contributed by atoms with Crippen LogP contribution in [0, 0.1) is 5.82 Å². The van der Waals surface area contributed by atoms with E-state index in [4.69, 9.17) is 16.3 Å². The fraction of sp³-hybridized carbons (Fsp3) is 0.294. The maximum Gasteiger partial charge on any atom is 0.125 e. The highest BCUT2D eigenvalue weighted by atomic mass is 35.5. The van der Waals surface area contributed by atoms with Crippen LogP contribution in [-0.4, -0.2) is 6.61 Å². The van der Waals surface area contributed by atoms with Crippen molar-refractivity contribution in [2.75, 3.05) is 11.9 Å². The normalized spacial score (nSPS) is 14.4. The first-order valence-electron chi connectivity index (χ1n) is 7.14. The van der Waals surface area contributed by atoms with Gasteiger partial charge in [-0.1, -0.05) is 24.6 Å². The lowest BCUT2D eigenvalue weighted by atomic mass is 10.0. The monoisotopic (exact) mass is 305 g/mol. The topological polar surface area (TPSA) is 21.3 Å². The minimum absolute atomic E-state index is 0.0928. The van der Waals surface area contributed by atoms with Crippen molar-refractivity contribution in [3.63, 3.8) is 0 Å². The molecule has 2 aromatic carbocycles. The summed E-state index contributed by atoms with van der Waals surface area (Å²) in [4.78, 5) is 0. The molecule has 3 rings (SSSR count). The zero-order chi connectivity index (χ0) is 14.8. The summed E-state index contributed by atoms with van der Waals surface area (Å²) in [5.41, 5.74) is 3.03. The standard InChI is InChI=1S/C17H17ClFNO/c1-2-15(20-16-10-13(19)4-5-14(16)18)11-3-6-17-12(9-11)7-8-21-17/h3-6,9-10,15,20H,2,7-8H2,1H3. The Hall–Kier alpha value is -1.74. The van der Waals surface area contributed by atoms with Crippen molar-refractivity contribution in [1.29, 1.82) is 0 Å². The number of benzene rings is 2. The number of hydrogen-bond acceptors (Lipinski definition) is 2. The van der Waals surface area contributed by atoms with Crippen LogP contribution in [0.1, 0.15) is 30.5 Å². The van der Waals surface area contributed by atoms with Gasteiger partial charge in [0.25, 0.3) is 0 Å². The number of hydrogen-bond donors (Lipinski definition) is 1. The molecule has 0 saturated heterocycles. The average molecular weight is 306 g/mol. The molecule has 1 heterocycles. The Morgan fingerprint density at radius 1 is 1.29 bits per heavy atom. The zero-order valence-corrected chi connectivity index (χ0v) is 12.6. The maximum absolute atomic E-state index is 13.4. The van der Waals surface area contributed by atoms with Crippen LogP contribution < -0.4 is 10.1 Å². The van der Waals surface area contributed by atoms with Crippen molar-refractivity contribution in [2.45, 2.75) is 25.8 Å². The van der Waals surface area contributed by atoms with Crippen molar-refractivity contribution in [3.8, 4) is 5.75 Å². The third kappa shape index (κ3) is 2.98. The predicted molar refractivity (Wildman–Crippen MR) is 83.7 cm³/mol. The fourth-order valence-corrected chi connectivity index (χ4v) is 2.81. The van der Waals surface area contributed by atoms with Gasteiger partial charge in [0.2, 0.25) is 0 Å². The summed E-state index contributed by atoms with van der Waals surface area (Å²) in [7, 11) is 0. The molecule has 1 aliphatic heterocycles. The van der Waals surface area contributed by atoms with Crippen molar-refractivity contribution in [2.24, 2.45) is 0 Å². The highest BCUT2D eigenvalue weighted by Crippen LogP contribution is 2.32. The smallest absolute Gasteiger partial charge is 0.125 e. The lowest BCUT2D eigenvalue weighted by Gasteiger charge is -2.20. The first-order chi connectivity index (χ1) is 10.2. The van der Waals surface area contributed by atoms with Gasteiger partial charge in [0.05, 0.1) is 23.4 Å². The van der Waals surface area contributed by atoms with Gasteiger partial charge in [-0.15, -0.1) is 0 Å². The Morgan fingerprint density at radius 3 is 2.95 bits per heavy atom. The number of anilines is 1. The lowest BCUT2D eigenvalue weighted by molar-refractivity contribution is 0.357. The van der Waals surface area contributed by atoms with E-state index in [2.05, 4.69) is 24.4 Å². The van der Waals surface area contributed by atoms with Gasteiger partial charge in [0.15, 0.2) is 0 Å². The van der Waals surface area contributed by atoms with E-state index >= 15 is 0 Å². The molecule has 0 fully saturated rings. The third-order valence-corrected chi connectivity index (χ3v) is 4.11. The zero-order valence-electron chi connectivity index (χ0n) is 11.8. The molecule has 110 valence electrons. The van der Waals surface area contributed by atoms with Crippen molar-refractivity contribution < 1.29 is 9.13 Å². The second kappa shape index (κ2) is 5.94. The van der Waals surface area contributed by atoms with E-state index in [1.807, 2.05) is 6.07 Å². The van der Waals surface area contributed by atoms with Gasteiger partial charge in [-0.25, -0.2) is 4.39 Å². The molecular formula is C17H17ClFNO. The third-order valence-electron chi connectivity index (χ3n) is 3.78. The predicted octanol–water partition coefficient (Wildman–Crippen LogP) is 4.98. The van der Waals surface area contributed by atoms with Crippen molar-refractivity contribution in [1.82, 2.24) is 0 Å². The van der Waals surface area contributed by atoms with Gasteiger partial charge >= 0.3 is 0 Å². The van der Waals surface area contributed by atoms with Gasteiger partial charge < -0.3 is 10.1 Å². The van der Waals surface area contributed by atoms with Crippen molar-refractivity contribution >= 4 is 17.3 Å². The number of fused-ring (bicyclic) bond motifs is 1. The largest absolute Gasteiger partial charge is 0.493 e. The van der Waals surface area contributed by atoms with E-state index in [1.165, 1.54) is 23.3 Å². The molecule has 0 amide bonds. The van der Waals surface area contributed by atoms with Crippen LogP contribution in [0.5, 0.6) is 5.75 Å². The molecule has 21 heavy (non-hydrogen) atoms. The summed E-state index contributed by atoms with van der Waals surface area (Å²) >= 11 is 6.13. The molecule has 0 saturated carbocycles. The SMILES string of the molecule is CCC(Nc1cc(F)ccc1Cl)c1ccc2c(c1)CCO2.